The number of nitrogens with one attached hydrogen (secondary N) is 1. The molecule has 7 heteroatoms. The van der Waals surface area contributed by atoms with Crippen molar-refractivity contribution in [3.8, 4) is 0 Å². The van der Waals surface area contributed by atoms with Gasteiger partial charge in [0.1, 0.15) is 0 Å². The molecule has 112 valence electrons. The first-order valence-electron chi connectivity index (χ1n) is 6.85. The molecule has 0 saturated carbocycles. The van der Waals surface area contributed by atoms with E-state index in [2.05, 4.69) is 24.3 Å². The first-order valence-corrected chi connectivity index (χ1v) is 6.85. The predicted molar refractivity (Wildman–Crippen MR) is 75.2 cm³/mol. The molecule has 0 unspecified atom stereocenters. The van der Waals surface area contributed by atoms with Crippen LogP contribution in [0.1, 0.15) is 40.0 Å². The molecule has 0 fully saturated rings. The van der Waals surface area contributed by atoms with Crippen LogP contribution < -0.4 is 5.32 Å². The molecule has 0 spiro atoms. The lowest BCUT2D eigenvalue weighted by molar-refractivity contribution is -0.392. The number of rotatable bonds is 8. The Kier molecular flexibility index (Phi) is 6.14. The zero-order chi connectivity index (χ0) is 15.1. The molecule has 0 aromatic carbocycles. The maximum atomic E-state index is 11.8. The molecule has 20 heavy (non-hydrogen) atoms. The summed E-state index contributed by atoms with van der Waals surface area (Å²) in [6, 6.07) is 1.34. The van der Waals surface area contributed by atoms with Gasteiger partial charge in [-0.2, -0.15) is 0 Å². The lowest BCUT2D eigenvalue weighted by atomic mass is 10.0. The normalized spacial score (nSPS) is 12.4. The van der Waals surface area contributed by atoms with Crippen LogP contribution in [0.15, 0.2) is 12.3 Å². The summed E-state index contributed by atoms with van der Waals surface area (Å²) >= 11 is 0. The van der Waals surface area contributed by atoms with Gasteiger partial charge in [0.15, 0.2) is 6.54 Å². The molecule has 7 nitrogen and oxygen atoms in total. The predicted octanol–water partition coefficient (Wildman–Crippen LogP) is 2.12. The van der Waals surface area contributed by atoms with Gasteiger partial charge < -0.3 is 15.4 Å². The van der Waals surface area contributed by atoms with Crippen molar-refractivity contribution in [3.05, 3.63) is 22.4 Å². The van der Waals surface area contributed by atoms with Gasteiger partial charge in [0.2, 0.25) is 0 Å². The highest BCUT2D eigenvalue weighted by Crippen LogP contribution is 2.10. The third-order valence-corrected chi connectivity index (χ3v) is 3.00. The van der Waals surface area contributed by atoms with Crippen LogP contribution in [-0.2, 0) is 11.3 Å². The van der Waals surface area contributed by atoms with E-state index < -0.39 is 4.92 Å². The molecular formula is C13H22N4O3. The average Bonchev–Trinajstić information content (AvgIpc) is 2.76. The molecule has 1 aromatic heterocycles. The molecule has 0 radical (unpaired) electrons. The number of nitro groups is 1. The van der Waals surface area contributed by atoms with Crippen LogP contribution in [0.25, 0.3) is 0 Å². The fraction of sp³-hybridized carbons (Fsp3) is 0.692. The van der Waals surface area contributed by atoms with E-state index in [1.807, 2.05) is 6.92 Å². The van der Waals surface area contributed by atoms with Gasteiger partial charge >= 0.3 is 5.82 Å². The minimum absolute atomic E-state index is 0.0656. The van der Waals surface area contributed by atoms with E-state index in [-0.39, 0.29) is 24.3 Å². The summed E-state index contributed by atoms with van der Waals surface area (Å²) in [5, 5.41) is 17.3. The summed E-state index contributed by atoms with van der Waals surface area (Å²) in [5.41, 5.74) is 0. The lowest BCUT2D eigenvalue weighted by Crippen LogP contribution is -2.35. The van der Waals surface area contributed by atoms with Crippen molar-refractivity contribution in [3.63, 3.8) is 0 Å². The molecule has 1 heterocycles. The van der Waals surface area contributed by atoms with Gasteiger partial charge in [-0.1, -0.05) is 31.8 Å². The quantitative estimate of drug-likeness (QED) is 0.584. The third kappa shape index (κ3) is 5.38. The standard InChI is InChI=1S/C13H22N4O3/c1-10(2)5-4-6-11(3)15-12(18)9-16-13(17(19)20)7-8-14-16/h7-8,10-11H,4-6,9H2,1-3H3,(H,15,18)/t11-/m0/s1. The van der Waals surface area contributed by atoms with Crippen LogP contribution in [0.3, 0.4) is 0 Å². The maximum absolute atomic E-state index is 11.8. The van der Waals surface area contributed by atoms with Gasteiger partial charge in [0.25, 0.3) is 5.91 Å². The average molecular weight is 282 g/mol. The van der Waals surface area contributed by atoms with E-state index >= 15 is 0 Å². The number of carbonyl (C=O) groups excluding carboxylic acids is 1. The van der Waals surface area contributed by atoms with Crippen molar-refractivity contribution in [1.29, 1.82) is 0 Å². The van der Waals surface area contributed by atoms with Gasteiger partial charge in [-0.25, -0.2) is 0 Å². The fourth-order valence-corrected chi connectivity index (χ4v) is 1.96. The number of hydrogen-bond donors (Lipinski definition) is 1. The Morgan fingerprint density at radius 2 is 2.15 bits per heavy atom. The zero-order valence-electron chi connectivity index (χ0n) is 12.2. The topological polar surface area (TPSA) is 90.1 Å². The van der Waals surface area contributed by atoms with E-state index in [1.165, 1.54) is 12.3 Å². The molecule has 0 aliphatic rings. The Bertz CT molecular complexity index is 456. The molecule has 0 aliphatic carbocycles. The highest BCUT2D eigenvalue weighted by molar-refractivity contribution is 5.76. The van der Waals surface area contributed by atoms with Crippen LogP contribution in [-0.4, -0.2) is 26.7 Å². The number of amides is 1. The van der Waals surface area contributed by atoms with E-state index in [1.54, 1.807) is 0 Å². The van der Waals surface area contributed by atoms with Crippen LogP contribution in [0.4, 0.5) is 5.82 Å². The summed E-state index contributed by atoms with van der Waals surface area (Å²) in [4.78, 5) is 22.0. The number of aromatic nitrogens is 2. The molecule has 1 aromatic rings. The van der Waals surface area contributed by atoms with Gasteiger partial charge in [-0.05, 0) is 24.2 Å². The summed E-state index contributed by atoms with van der Waals surface area (Å²) in [6.07, 6.45) is 4.41. The van der Waals surface area contributed by atoms with E-state index in [0.29, 0.717) is 5.92 Å². The van der Waals surface area contributed by atoms with Crippen LogP contribution in [0.2, 0.25) is 0 Å². The van der Waals surface area contributed by atoms with Crippen molar-refractivity contribution >= 4 is 11.7 Å². The first kappa shape index (κ1) is 16.1. The van der Waals surface area contributed by atoms with E-state index in [4.69, 9.17) is 0 Å². The smallest absolute Gasteiger partial charge is 0.345 e. The van der Waals surface area contributed by atoms with Crippen molar-refractivity contribution in [1.82, 2.24) is 15.1 Å². The molecule has 1 atom stereocenters. The SMILES string of the molecule is CC(C)CCC[C@H](C)NC(=O)Cn1nccc1[N+](=O)[O-]. The molecule has 1 N–H and O–H groups in total. The minimum atomic E-state index is -0.549. The second-order valence-corrected chi connectivity index (χ2v) is 5.40. The summed E-state index contributed by atoms with van der Waals surface area (Å²) in [5.74, 6) is 0.228. The number of hydrogen-bond acceptors (Lipinski definition) is 4. The Morgan fingerprint density at radius 1 is 1.45 bits per heavy atom. The molecular weight excluding hydrogens is 260 g/mol. The Balaban J connectivity index is 2.39. The van der Waals surface area contributed by atoms with Crippen LogP contribution in [0.5, 0.6) is 0 Å². The van der Waals surface area contributed by atoms with Crippen molar-refractivity contribution < 1.29 is 9.72 Å². The van der Waals surface area contributed by atoms with Crippen molar-refractivity contribution in [2.24, 2.45) is 5.92 Å². The largest absolute Gasteiger partial charge is 0.358 e. The minimum Gasteiger partial charge on any atom is -0.358 e. The zero-order valence-corrected chi connectivity index (χ0v) is 12.2. The fourth-order valence-electron chi connectivity index (χ4n) is 1.96. The van der Waals surface area contributed by atoms with Gasteiger partial charge in [-0.3, -0.25) is 4.79 Å². The number of nitrogens with zero attached hydrogens (tertiary/aromatic N) is 3. The molecule has 1 amide bonds. The third-order valence-electron chi connectivity index (χ3n) is 3.00. The Hall–Kier alpha value is -1.92. The lowest BCUT2D eigenvalue weighted by Gasteiger charge is -2.13. The highest BCUT2D eigenvalue weighted by Gasteiger charge is 2.18. The highest BCUT2D eigenvalue weighted by atomic mass is 16.6. The first-order chi connectivity index (χ1) is 9.40. The van der Waals surface area contributed by atoms with Gasteiger partial charge in [0, 0.05) is 6.04 Å². The molecule has 0 aliphatic heterocycles. The summed E-state index contributed by atoms with van der Waals surface area (Å²) in [7, 11) is 0. The van der Waals surface area contributed by atoms with Gasteiger partial charge in [0.05, 0.1) is 12.3 Å². The number of carbonyl (C=O) groups is 1. The Morgan fingerprint density at radius 3 is 2.75 bits per heavy atom. The van der Waals surface area contributed by atoms with Crippen molar-refractivity contribution in [2.75, 3.05) is 0 Å². The summed E-state index contributed by atoms with van der Waals surface area (Å²) in [6.45, 7) is 6.15. The van der Waals surface area contributed by atoms with E-state index in [0.717, 1.165) is 23.9 Å². The Labute approximate surface area is 118 Å². The molecule has 0 saturated heterocycles. The van der Waals surface area contributed by atoms with Crippen LogP contribution in [0, 0.1) is 16.0 Å². The second kappa shape index (κ2) is 7.62. The molecule has 0 bridgehead atoms. The van der Waals surface area contributed by atoms with Crippen LogP contribution >= 0.6 is 0 Å². The van der Waals surface area contributed by atoms with Gasteiger partial charge in [-0.15, -0.1) is 4.68 Å². The second-order valence-electron chi connectivity index (χ2n) is 5.40. The molecule has 1 rings (SSSR count). The summed E-state index contributed by atoms with van der Waals surface area (Å²) < 4.78 is 1.09. The monoisotopic (exact) mass is 282 g/mol. The maximum Gasteiger partial charge on any atom is 0.345 e. The van der Waals surface area contributed by atoms with E-state index in [9.17, 15) is 14.9 Å². The van der Waals surface area contributed by atoms with Crippen molar-refractivity contribution in [2.45, 2.75) is 52.6 Å².